The Balaban J connectivity index is 1.53. The Morgan fingerprint density at radius 1 is 1.46 bits per heavy atom. The minimum Gasteiger partial charge on any atom is -0.497 e. The average molecular weight is 348 g/mol. The summed E-state index contributed by atoms with van der Waals surface area (Å²) in [6.07, 6.45) is 3.87. The van der Waals surface area contributed by atoms with E-state index in [2.05, 4.69) is 15.5 Å². The molecule has 1 atom stereocenters. The molecule has 1 saturated heterocycles. The second-order valence-corrected chi connectivity index (χ2v) is 6.35. The Bertz CT molecular complexity index is 668. The predicted molar refractivity (Wildman–Crippen MR) is 90.6 cm³/mol. The van der Waals surface area contributed by atoms with Crippen molar-refractivity contribution in [1.29, 1.82) is 0 Å². The minimum absolute atomic E-state index is 0.0280. The van der Waals surface area contributed by atoms with Gasteiger partial charge >= 0.3 is 0 Å². The fourth-order valence-electron chi connectivity index (χ4n) is 2.46. The summed E-state index contributed by atoms with van der Waals surface area (Å²) in [5.74, 6) is 1.05. The molecule has 1 N–H and O–H groups in total. The molecule has 1 aliphatic heterocycles. The fraction of sp³-hybridized carbons (Fsp3) is 0.438. The predicted octanol–water partition coefficient (Wildman–Crippen LogP) is 1.66. The molecule has 1 aliphatic rings. The maximum Gasteiger partial charge on any atom is 0.230 e. The fourth-order valence-corrected chi connectivity index (χ4v) is 3.22. The van der Waals surface area contributed by atoms with Crippen molar-refractivity contribution in [3.63, 3.8) is 0 Å². The van der Waals surface area contributed by atoms with Gasteiger partial charge in [0.05, 0.1) is 19.0 Å². The van der Waals surface area contributed by atoms with Gasteiger partial charge in [-0.05, 0) is 37.1 Å². The highest BCUT2D eigenvalue weighted by Gasteiger charge is 2.16. The smallest absolute Gasteiger partial charge is 0.230 e. The van der Waals surface area contributed by atoms with Crippen LogP contribution in [0, 0.1) is 0 Å². The van der Waals surface area contributed by atoms with Crippen LogP contribution < -0.4 is 10.1 Å². The number of nitrogens with zero attached hydrogens (tertiary/aromatic N) is 3. The van der Waals surface area contributed by atoms with Gasteiger partial charge in [-0.15, -0.1) is 10.2 Å². The lowest BCUT2D eigenvalue weighted by atomic mass is 10.2. The number of methoxy groups -OCH3 is 1. The number of nitrogens with one attached hydrogen (secondary N) is 1. The van der Waals surface area contributed by atoms with E-state index in [-0.39, 0.29) is 12.0 Å². The van der Waals surface area contributed by atoms with Crippen LogP contribution in [0.1, 0.15) is 12.8 Å². The molecule has 2 aromatic rings. The van der Waals surface area contributed by atoms with E-state index in [1.807, 2.05) is 28.8 Å². The van der Waals surface area contributed by atoms with E-state index in [0.717, 1.165) is 30.9 Å². The molecular formula is C16H20N4O3S. The van der Waals surface area contributed by atoms with Gasteiger partial charge in [-0.2, -0.15) is 0 Å². The van der Waals surface area contributed by atoms with Crippen molar-refractivity contribution in [2.45, 2.75) is 24.1 Å². The third-order valence-electron chi connectivity index (χ3n) is 3.75. The molecule has 0 radical (unpaired) electrons. The lowest BCUT2D eigenvalue weighted by Gasteiger charge is -2.11. The van der Waals surface area contributed by atoms with Crippen LogP contribution in [0.15, 0.2) is 35.7 Å². The van der Waals surface area contributed by atoms with Gasteiger partial charge in [-0.25, -0.2) is 0 Å². The second-order valence-electron chi connectivity index (χ2n) is 5.41. The Kier molecular flexibility index (Phi) is 5.71. The van der Waals surface area contributed by atoms with Gasteiger partial charge in [0.1, 0.15) is 12.1 Å². The molecular weight excluding hydrogens is 328 g/mol. The van der Waals surface area contributed by atoms with Gasteiger partial charge < -0.3 is 14.8 Å². The second kappa shape index (κ2) is 8.16. The van der Waals surface area contributed by atoms with Crippen molar-refractivity contribution in [3.8, 4) is 11.4 Å². The van der Waals surface area contributed by atoms with Crippen molar-refractivity contribution in [3.05, 3.63) is 30.6 Å². The summed E-state index contributed by atoms with van der Waals surface area (Å²) >= 11 is 1.35. The molecule has 1 fully saturated rings. The summed E-state index contributed by atoms with van der Waals surface area (Å²) in [5.41, 5.74) is 0.920. The van der Waals surface area contributed by atoms with Gasteiger partial charge in [0.15, 0.2) is 5.16 Å². The minimum atomic E-state index is -0.0280. The first-order valence-electron chi connectivity index (χ1n) is 7.82. The molecule has 0 saturated carbocycles. The van der Waals surface area contributed by atoms with E-state index in [4.69, 9.17) is 9.47 Å². The molecule has 128 valence electrons. The molecule has 8 heteroatoms. The number of aromatic nitrogens is 3. The van der Waals surface area contributed by atoms with Gasteiger partial charge in [0, 0.05) is 18.8 Å². The lowest BCUT2D eigenvalue weighted by molar-refractivity contribution is -0.119. The number of amides is 1. The van der Waals surface area contributed by atoms with Crippen molar-refractivity contribution in [2.24, 2.45) is 0 Å². The summed E-state index contributed by atoms with van der Waals surface area (Å²) in [7, 11) is 1.63. The first-order chi connectivity index (χ1) is 11.8. The maximum absolute atomic E-state index is 12.0. The van der Waals surface area contributed by atoms with E-state index in [1.54, 1.807) is 13.4 Å². The molecule has 1 aromatic heterocycles. The number of thioether (sulfide) groups is 1. The molecule has 7 nitrogen and oxygen atoms in total. The molecule has 0 aliphatic carbocycles. The SMILES string of the molecule is COc1ccc(-n2cnnc2SCC(=O)NCC2CCCO2)cc1. The topological polar surface area (TPSA) is 78.3 Å². The van der Waals surface area contributed by atoms with Crippen LogP contribution in [0.5, 0.6) is 5.75 Å². The molecule has 1 aromatic carbocycles. The molecule has 1 amide bonds. The van der Waals surface area contributed by atoms with Crippen molar-refractivity contribution < 1.29 is 14.3 Å². The Hall–Kier alpha value is -2.06. The van der Waals surface area contributed by atoms with E-state index in [9.17, 15) is 4.79 Å². The quantitative estimate of drug-likeness (QED) is 0.767. The maximum atomic E-state index is 12.0. The Labute approximate surface area is 144 Å². The molecule has 1 unspecified atom stereocenters. The van der Waals surface area contributed by atoms with E-state index in [0.29, 0.717) is 17.5 Å². The van der Waals surface area contributed by atoms with Crippen LogP contribution in [0.25, 0.3) is 5.69 Å². The Morgan fingerprint density at radius 3 is 3.00 bits per heavy atom. The Morgan fingerprint density at radius 2 is 2.29 bits per heavy atom. The van der Waals surface area contributed by atoms with Crippen LogP contribution in [0.3, 0.4) is 0 Å². The number of rotatable bonds is 7. The zero-order valence-corrected chi connectivity index (χ0v) is 14.3. The molecule has 0 bridgehead atoms. The normalized spacial score (nSPS) is 17.0. The summed E-state index contributed by atoms with van der Waals surface area (Å²) < 4.78 is 12.5. The monoisotopic (exact) mass is 348 g/mol. The van der Waals surface area contributed by atoms with Crippen LogP contribution in [0.2, 0.25) is 0 Å². The zero-order chi connectivity index (χ0) is 16.8. The van der Waals surface area contributed by atoms with Crippen LogP contribution >= 0.6 is 11.8 Å². The summed E-state index contributed by atoms with van der Waals surface area (Å²) in [6, 6.07) is 7.59. The number of hydrogen-bond donors (Lipinski definition) is 1. The number of hydrogen-bond acceptors (Lipinski definition) is 6. The third-order valence-corrected chi connectivity index (χ3v) is 4.69. The first-order valence-corrected chi connectivity index (χ1v) is 8.80. The van der Waals surface area contributed by atoms with E-state index in [1.165, 1.54) is 11.8 Å². The molecule has 2 heterocycles. The van der Waals surface area contributed by atoms with Crippen molar-refractivity contribution in [1.82, 2.24) is 20.1 Å². The van der Waals surface area contributed by atoms with Crippen LogP contribution in [-0.4, -0.2) is 52.8 Å². The van der Waals surface area contributed by atoms with Crippen molar-refractivity contribution >= 4 is 17.7 Å². The molecule has 3 rings (SSSR count). The zero-order valence-electron chi connectivity index (χ0n) is 13.5. The number of ether oxygens (including phenoxy) is 2. The highest BCUT2D eigenvalue weighted by Crippen LogP contribution is 2.21. The van der Waals surface area contributed by atoms with Crippen molar-refractivity contribution in [2.75, 3.05) is 26.0 Å². The first kappa shape index (κ1) is 16.8. The van der Waals surface area contributed by atoms with Gasteiger partial charge in [0.2, 0.25) is 5.91 Å². The van der Waals surface area contributed by atoms with Gasteiger partial charge in [0.25, 0.3) is 0 Å². The number of carbonyl (C=O) groups excluding carboxylic acids is 1. The standard InChI is InChI=1S/C16H20N4O3S/c1-22-13-6-4-12(5-7-13)20-11-18-19-16(20)24-10-15(21)17-9-14-3-2-8-23-14/h4-7,11,14H,2-3,8-10H2,1H3,(H,17,21). The number of benzene rings is 1. The van der Waals surface area contributed by atoms with Crippen LogP contribution in [0.4, 0.5) is 0 Å². The highest BCUT2D eigenvalue weighted by atomic mass is 32.2. The van der Waals surface area contributed by atoms with E-state index < -0.39 is 0 Å². The van der Waals surface area contributed by atoms with Gasteiger partial charge in [-0.3, -0.25) is 9.36 Å². The summed E-state index contributed by atoms with van der Waals surface area (Å²) in [6.45, 7) is 1.37. The largest absolute Gasteiger partial charge is 0.497 e. The third kappa shape index (κ3) is 4.27. The van der Waals surface area contributed by atoms with Gasteiger partial charge in [-0.1, -0.05) is 11.8 Å². The lowest BCUT2D eigenvalue weighted by Crippen LogP contribution is -2.32. The van der Waals surface area contributed by atoms with Crippen LogP contribution in [-0.2, 0) is 9.53 Å². The highest BCUT2D eigenvalue weighted by molar-refractivity contribution is 7.99. The molecule has 24 heavy (non-hydrogen) atoms. The summed E-state index contributed by atoms with van der Waals surface area (Å²) in [5, 5.41) is 11.6. The summed E-state index contributed by atoms with van der Waals surface area (Å²) in [4.78, 5) is 12.0. The average Bonchev–Trinajstić information content (AvgIpc) is 3.29. The number of carbonyl (C=O) groups is 1. The molecule has 0 spiro atoms. The van der Waals surface area contributed by atoms with E-state index >= 15 is 0 Å².